The second-order valence-corrected chi connectivity index (χ2v) is 6.62. The molecular weight excluding hydrogens is 368 g/mol. The number of piperazine rings is 1. The first kappa shape index (κ1) is 20.4. The van der Waals surface area contributed by atoms with Crippen molar-refractivity contribution in [2.24, 2.45) is 4.99 Å². The molecule has 1 aliphatic heterocycles. The maximum absolute atomic E-state index is 12.3. The van der Waals surface area contributed by atoms with E-state index in [1.54, 1.807) is 32.4 Å². The summed E-state index contributed by atoms with van der Waals surface area (Å²) in [5.41, 5.74) is 0.583. The fourth-order valence-electron chi connectivity index (χ4n) is 3.24. The largest absolute Gasteiger partial charge is 0.497 e. The zero-order chi connectivity index (χ0) is 20.5. The van der Waals surface area contributed by atoms with Gasteiger partial charge >= 0.3 is 0 Å². The van der Waals surface area contributed by atoms with Crippen LogP contribution >= 0.6 is 0 Å². The van der Waals surface area contributed by atoms with Gasteiger partial charge in [-0.1, -0.05) is 12.1 Å². The number of amides is 1. The summed E-state index contributed by atoms with van der Waals surface area (Å²) >= 11 is 0. The topological polar surface area (TPSA) is 82.1 Å². The molecule has 0 saturated carbocycles. The molecule has 1 fully saturated rings. The van der Waals surface area contributed by atoms with Gasteiger partial charge in [0.1, 0.15) is 11.6 Å². The van der Waals surface area contributed by atoms with Crippen LogP contribution in [0.25, 0.3) is 0 Å². The van der Waals surface area contributed by atoms with Crippen LogP contribution < -0.4 is 20.3 Å². The lowest BCUT2D eigenvalue weighted by atomic mass is 10.2. The van der Waals surface area contributed by atoms with Crippen molar-refractivity contribution in [1.29, 1.82) is 0 Å². The number of rotatable bonds is 6. The van der Waals surface area contributed by atoms with Gasteiger partial charge < -0.3 is 25.2 Å². The van der Waals surface area contributed by atoms with Gasteiger partial charge in [0.2, 0.25) is 0 Å². The Balaban J connectivity index is 1.41. The highest BCUT2D eigenvalue weighted by Gasteiger charge is 2.20. The summed E-state index contributed by atoms with van der Waals surface area (Å²) < 4.78 is 5.16. The van der Waals surface area contributed by atoms with Gasteiger partial charge in [-0.2, -0.15) is 0 Å². The second-order valence-electron chi connectivity index (χ2n) is 6.62. The molecule has 1 amide bonds. The van der Waals surface area contributed by atoms with Gasteiger partial charge in [-0.25, -0.2) is 4.98 Å². The number of carbonyl (C=O) groups is 1. The van der Waals surface area contributed by atoms with E-state index in [1.165, 1.54) is 0 Å². The van der Waals surface area contributed by atoms with Crippen LogP contribution in [-0.4, -0.2) is 75.2 Å². The number of aromatic nitrogens is 1. The number of nitrogens with one attached hydrogen (secondary N) is 2. The SMILES string of the molecule is CN=C(NCCNC(=O)c1cccc(OC)c1)N1CCN(c2ccccn2)CC1. The van der Waals surface area contributed by atoms with Crippen molar-refractivity contribution in [3.63, 3.8) is 0 Å². The third-order valence-corrected chi connectivity index (χ3v) is 4.79. The van der Waals surface area contributed by atoms with Gasteiger partial charge in [0.25, 0.3) is 5.91 Å². The maximum Gasteiger partial charge on any atom is 0.251 e. The molecule has 3 rings (SSSR count). The van der Waals surface area contributed by atoms with E-state index >= 15 is 0 Å². The van der Waals surface area contributed by atoms with Crippen LogP contribution in [0.2, 0.25) is 0 Å². The fourth-order valence-corrected chi connectivity index (χ4v) is 3.24. The average Bonchev–Trinajstić information content (AvgIpc) is 2.80. The number of anilines is 1. The lowest BCUT2D eigenvalue weighted by Crippen LogP contribution is -2.53. The van der Waals surface area contributed by atoms with Gasteiger partial charge in [0, 0.05) is 58.1 Å². The van der Waals surface area contributed by atoms with E-state index in [4.69, 9.17) is 4.74 Å². The molecule has 2 aromatic rings. The Morgan fingerprint density at radius 3 is 2.59 bits per heavy atom. The number of hydrogen-bond acceptors (Lipinski definition) is 5. The molecule has 8 nitrogen and oxygen atoms in total. The van der Waals surface area contributed by atoms with E-state index in [1.807, 2.05) is 30.5 Å². The number of hydrogen-bond donors (Lipinski definition) is 2. The monoisotopic (exact) mass is 396 g/mol. The fraction of sp³-hybridized carbons (Fsp3) is 0.381. The van der Waals surface area contributed by atoms with Crippen molar-refractivity contribution >= 4 is 17.7 Å². The minimum absolute atomic E-state index is 0.121. The van der Waals surface area contributed by atoms with Crippen molar-refractivity contribution in [1.82, 2.24) is 20.5 Å². The molecule has 8 heteroatoms. The number of benzene rings is 1. The number of nitrogens with zero attached hydrogens (tertiary/aromatic N) is 4. The van der Waals surface area contributed by atoms with Gasteiger partial charge in [-0.05, 0) is 30.3 Å². The molecule has 0 atom stereocenters. The molecule has 0 spiro atoms. The Morgan fingerprint density at radius 1 is 1.10 bits per heavy atom. The molecule has 1 aromatic carbocycles. The van der Waals surface area contributed by atoms with Crippen LogP contribution in [0.4, 0.5) is 5.82 Å². The molecule has 0 unspecified atom stereocenters. The van der Waals surface area contributed by atoms with Crippen LogP contribution in [0.1, 0.15) is 10.4 Å². The summed E-state index contributed by atoms with van der Waals surface area (Å²) in [5.74, 6) is 2.40. The molecule has 2 heterocycles. The zero-order valence-electron chi connectivity index (χ0n) is 17.0. The molecule has 1 aliphatic rings. The lowest BCUT2D eigenvalue weighted by molar-refractivity contribution is 0.0954. The third-order valence-electron chi connectivity index (χ3n) is 4.79. The standard InChI is InChI=1S/C21H28N6O2/c1-22-21(27-14-12-26(13-15-27)19-8-3-4-9-23-19)25-11-10-24-20(28)17-6-5-7-18(16-17)29-2/h3-9,16H,10-15H2,1-2H3,(H,22,25)(H,24,28). The van der Waals surface area contributed by atoms with E-state index in [0.717, 1.165) is 38.0 Å². The Labute approximate surface area is 171 Å². The van der Waals surface area contributed by atoms with Crippen molar-refractivity contribution < 1.29 is 9.53 Å². The molecule has 29 heavy (non-hydrogen) atoms. The Hall–Kier alpha value is -3.29. The maximum atomic E-state index is 12.3. The highest BCUT2D eigenvalue weighted by atomic mass is 16.5. The highest BCUT2D eigenvalue weighted by molar-refractivity contribution is 5.94. The first-order valence-corrected chi connectivity index (χ1v) is 9.75. The van der Waals surface area contributed by atoms with Crippen LogP contribution in [0.5, 0.6) is 5.75 Å². The minimum atomic E-state index is -0.121. The average molecular weight is 396 g/mol. The highest BCUT2D eigenvalue weighted by Crippen LogP contribution is 2.13. The summed E-state index contributed by atoms with van der Waals surface area (Å²) in [4.78, 5) is 25.5. The predicted octanol–water partition coefficient (Wildman–Crippen LogP) is 1.22. The molecule has 0 radical (unpaired) electrons. The number of methoxy groups -OCH3 is 1. The predicted molar refractivity (Wildman–Crippen MR) is 115 cm³/mol. The summed E-state index contributed by atoms with van der Waals surface area (Å²) in [6, 6.07) is 13.1. The van der Waals surface area contributed by atoms with Crippen molar-refractivity contribution in [2.45, 2.75) is 0 Å². The van der Waals surface area contributed by atoms with Gasteiger partial charge in [-0.3, -0.25) is 9.79 Å². The molecular formula is C21H28N6O2. The van der Waals surface area contributed by atoms with Crippen molar-refractivity contribution in [2.75, 3.05) is 58.3 Å². The summed E-state index contributed by atoms with van der Waals surface area (Å²) in [6.07, 6.45) is 1.82. The van der Waals surface area contributed by atoms with Gasteiger partial charge in [0.15, 0.2) is 5.96 Å². The number of pyridine rings is 1. The van der Waals surface area contributed by atoms with Crippen molar-refractivity contribution in [3.05, 3.63) is 54.2 Å². The second kappa shape index (κ2) is 10.3. The smallest absolute Gasteiger partial charge is 0.251 e. The molecule has 154 valence electrons. The van der Waals surface area contributed by atoms with E-state index in [-0.39, 0.29) is 5.91 Å². The summed E-state index contributed by atoms with van der Waals surface area (Å²) in [5, 5.41) is 6.24. The van der Waals surface area contributed by atoms with E-state index < -0.39 is 0 Å². The van der Waals surface area contributed by atoms with E-state index in [0.29, 0.717) is 24.4 Å². The first-order chi connectivity index (χ1) is 14.2. The van der Waals surface area contributed by atoms with Crippen LogP contribution in [-0.2, 0) is 0 Å². The van der Waals surface area contributed by atoms with Crippen LogP contribution in [0.3, 0.4) is 0 Å². The van der Waals surface area contributed by atoms with Crippen LogP contribution in [0.15, 0.2) is 53.7 Å². The number of carbonyl (C=O) groups excluding carboxylic acids is 1. The van der Waals surface area contributed by atoms with Gasteiger partial charge in [-0.15, -0.1) is 0 Å². The molecule has 0 aliphatic carbocycles. The van der Waals surface area contributed by atoms with Crippen LogP contribution in [0, 0.1) is 0 Å². The third kappa shape index (κ3) is 5.60. The Kier molecular flexibility index (Phi) is 7.27. The number of ether oxygens (including phenoxy) is 1. The Bertz CT molecular complexity index is 819. The quantitative estimate of drug-likeness (QED) is 0.434. The van der Waals surface area contributed by atoms with E-state index in [2.05, 4.69) is 30.4 Å². The van der Waals surface area contributed by atoms with Gasteiger partial charge in [0.05, 0.1) is 7.11 Å². The summed E-state index contributed by atoms with van der Waals surface area (Å²) in [7, 11) is 3.37. The van der Waals surface area contributed by atoms with Crippen molar-refractivity contribution in [3.8, 4) is 5.75 Å². The Morgan fingerprint density at radius 2 is 1.90 bits per heavy atom. The van der Waals surface area contributed by atoms with E-state index in [9.17, 15) is 4.79 Å². The lowest BCUT2D eigenvalue weighted by Gasteiger charge is -2.37. The minimum Gasteiger partial charge on any atom is -0.497 e. The molecule has 2 N–H and O–H groups in total. The molecule has 0 bridgehead atoms. The summed E-state index contributed by atoms with van der Waals surface area (Å²) in [6.45, 7) is 4.62. The molecule has 1 saturated heterocycles. The first-order valence-electron chi connectivity index (χ1n) is 9.75. The molecule has 1 aromatic heterocycles. The number of aliphatic imine (C=N–C) groups is 1. The number of guanidine groups is 1. The zero-order valence-corrected chi connectivity index (χ0v) is 17.0. The normalized spacial score (nSPS) is 14.5.